The van der Waals surface area contributed by atoms with Crippen LogP contribution in [-0.4, -0.2) is 68.3 Å². The standard InChI is InChI=1S/C18H25BrN2O3/c19-16-2-1-3-17(14-16)24-13-8-20-6-4-15(5-7-20)18(22)21-9-11-23-12-10-21/h1-3,14-15H,4-13H2. The Labute approximate surface area is 152 Å². The fourth-order valence-corrected chi connectivity index (χ4v) is 3.67. The van der Waals surface area contributed by atoms with E-state index in [1.807, 2.05) is 29.2 Å². The number of hydrogen-bond acceptors (Lipinski definition) is 4. The van der Waals surface area contributed by atoms with Crippen LogP contribution in [0.15, 0.2) is 28.7 Å². The Hall–Kier alpha value is -1.11. The van der Waals surface area contributed by atoms with Gasteiger partial charge in [-0.2, -0.15) is 0 Å². The Balaban J connectivity index is 1.36. The van der Waals surface area contributed by atoms with Crippen molar-refractivity contribution in [3.63, 3.8) is 0 Å². The van der Waals surface area contributed by atoms with Gasteiger partial charge in [-0.15, -0.1) is 0 Å². The fraction of sp³-hybridized carbons (Fsp3) is 0.611. The Kier molecular flexibility index (Phi) is 6.51. The molecule has 0 aromatic heterocycles. The normalized spacial score (nSPS) is 20.1. The molecule has 132 valence electrons. The lowest BCUT2D eigenvalue weighted by molar-refractivity contribution is -0.141. The molecule has 2 aliphatic rings. The van der Waals surface area contributed by atoms with Crippen molar-refractivity contribution in [2.24, 2.45) is 5.92 Å². The van der Waals surface area contributed by atoms with Crippen molar-refractivity contribution in [1.82, 2.24) is 9.80 Å². The van der Waals surface area contributed by atoms with Crippen LogP contribution >= 0.6 is 15.9 Å². The van der Waals surface area contributed by atoms with Gasteiger partial charge < -0.3 is 14.4 Å². The minimum atomic E-state index is 0.186. The summed E-state index contributed by atoms with van der Waals surface area (Å²) in [5.41, 5.74) is 0. The highest BCUT2D eigenvalue weighted by Gasteiger charge is 2.29. The molecule has 5 nitrogen and oxygen atoms in total. The molecule has 24 heavy (non-hydrogen) atoms. The molecule has 2 heterocycles. The Morgan fingerprint density at radius 3 is 2.67 bits per heavy atom. The number of nitrogens with zero attached hydrogens (tertiary/aromatic N) is 2. The lowest BCUT2D eigenvalue weighted by Crippen LogP contribution is -2.47. The van der Waals surface area contributed by atoms with E-state index in [-0.39, 0.29) is 5.92 Å². The van der Waals surface area contributed by atoms with Crippen molar-refractivity contribution >= 4 is 21.8 Å². The predicted molar refractivity (Wildman–Crippen MR) is 96.2 cm³/mol. The van der Waals surface area contributed by atoms with Crippen molar-refractivity contribution in [1.29, 1.82) is 0 Å². The lowest BCUT2D eigenvalue weighted by Gasteiger charge is -2.35. The topological polar surface area (TPSA) is 42.0 Å². The molecule has 6 heteroatoms. The molecule has 2 saturated heterocycles. The van der Waals surface area contributed by atoms with Crippen LogP contribution in [0.2, 0.25) is 0 Å². The maximum Gasteiger partial charge on any atom is 0.225 e. The molecule has 0 spiro atoms. The average molecular weight is 397 g/mol. The zero-order valence-corrected chi connectivity index (χ0v) is 15.5. The molecule has 1 aromatic rings. The number of morpholine rings is 1. The summed E-state index contributed by atoms with van der Waals surface area (Å²) in [4.78, 5) is 16.9. The SMILES string of the molecule is O=C(C1CCN(CCOc2cccc(Br)c2)CC1)N1CCOCC1. The molecule has 0 radical (unpaired) electrons. The quantitative estimate of drug-likeness (QED) is 0.766. The molecule has 2 aliphatic heterocycles. The van der Waals surface area contributed by atoms with E-state index in [4.69, 9.17) is 9.47 Å². The number of likely N-dealkylation sites (tertiary alicyclic amines) is 1. The Morgan fingerprint density at radius 2 is 1.96 bits per heavy atom. The number of amides is 1. The van der Waals surface area contributed by atoms with E-state index in [0.29, 0.717) is 25.7 Å². The molecule has 0 unspecified atom stereocenters. The van der Waals surface area contributed by atoms with Crippen LogP contribution in [0.4, 0.5) is 0 Å². The molecule has 3 rings (SSSR count). The summed E-state index contributed by atoms with van der Waals surface area (Å²) in [6, 6.07) is 7.91. The van der Waals surface area contributed by atoms with E-state index in [0.717, 1.165) is 55.8 Å². The van der Waals surface area contributed by atoms with Gasteiger partial charge >= 0.3 is 0 Å². The largest absolute Gasteiger partial charge is 0.492 e. The van der Waals surface area contributed by atoms with Crippen molar-refractivity contribution in [2.45, 2.75) is 12.8 Å². The highest BCUT2D eigenvalue weighted by Crippen LogP contribution is 2.21. The van der Waals surface area contributed by atoms with E-state index < -0.39 is 0 Å². The van der Waals surface area contributed by atoms with Crippen molar-refractivity contribution in [2.75, 3.05) is 52.5 Å². The molecule has 0 bridgehead atoms. The maximum absolute atomic E-state index is 12.5. The predicted octanol–water partition coefficient (Wildman–Crippen LogP) is 2.40. The van der Waals surface area contributed by atoms with Gasteiger partial charge in [0.1, 0.15) is 12.4 Å². The number of benzene rings is 1. The van der Waals surface area contributed by atoms with E-state index in [2.05, 4.69) is 20.8 Å². The smallest absolute Gasteiger partial charge is 0.225 e. The van der Waals surface area contributed by atoms with E-state index in [1.165, 1.54) is 0 Å². The minimum absolute atomic E-state index is 0.186. The summed E-state index contributed by atoms with van der Waals surface area (Å²) in [5.74, 6) is 1.40. The Bertz CT molecular complexity index is 541. The van der Waals surface area contributed by atoms with Crippen molar-refractivity contribution in [3.05, 3.63) is 28.7 Å². The first-order valence-corrected chi connectivity index (χ1v) is 9.49. The van der Waals surface area contributed by atoms with Crippen molar-refractivity contribution in [3.8, 4) is 5.75 Å². The number of ether oxygens (including phenoxy) is 2. The third kappa shape index (κ3) is 4.94. The van der Waals surface area contributed by atoms with E-state index in [1.54, 1.807) is 0 Å². The Morgan fingerprint density at radius 1 is 1.21 bits per heavy atom. The maximum atomic E-state index is 12.5. The summed E-state index contributed by atoms with van der Waals surface area (Å²) in [7, 11) is 0. The number of piperidine rings is 1. The van der Waals surface area contributed by atoms with Gasteiger partial charge in [0.15, 0.2) is 0 Å². The summed E-state index contributed by atoms with van der Waals surface area (Å²) < 4.78 is 12.2. The first-order chi connectivity index (χ1) is 11.7. The zero-order valence-electron chi connectivity index (χ0n) is 14.0. The van der Waals surface area contributed by atoms with Crippen LogP contribution in [0.1, 0.15) is 12.8 Å². The monoisotopic (exact) mass is 396 g/mol. The van der Waals surface area contributed by atoms with Gasteiger partial charge in [-0.05, 0) is 44.1 Å². The molecule has 0 atom stereocenters. The van der Waals surface area contributed by atoms with Crippen LogP contribution in [0, 0.1) is 5.92 Å². The van der Waals surface area contributed by atoms with Crippen LogP contribution in [0.3, 0.4) is 0 Å². The highest BCUT2D eigenvalue weighted by molar-refractivity contribution is 9.10. The average Bonchev–Trinajstić information content (AvgIpc) is 2.63. The van der Waals surface area contributed by atoms with Gasteiger partial charge in [-0.25, -0.2) is 0 Å². The number of carbonyl (C=O) groups excluding carboxylic acids is 1. The van der Waals surface area contributed by atoms with Crippen LogP contribution in [0.5, 0.6) is 5.75 Å². The molecular weight excluding hydrogens is 372 g/mol. The molecule has 0 N–H and O–H groups in total. The van der Waals surface area contributed by atoms with Gasteiger partial charge in [-0.1, -0.05) is 22.0 Å². The number of halogens is 1. The second kappa shape index (κ2) is 8.83. The third-order valence-electron chi connectivity index (χ3n) is 4.73. The first kappa shape index (κ1) is 17.7. The highest BCUT2D eigenvalue weighted by atomic mass is 79.9. The van der Waals surface area contributed by atoms with Crippen LogP contribution in [-0.2, 0) is 9.53 Å². The van der Waals surface area contributed by atoms with Crippen LogP contribution < -0.4 is 4.74 Å². The van der Waals surface area contributed by atoms with Gasteiger partial charge in [-0.3, -0.25) is 9.69 Å². The second-order valence-electron chi connectivity index (χ2n) is 6.36. The van der Waals surface area contributed by atoms with Crippen molar-refractivity contribution < 1.29 is 14.3 Å². The molecule has 2 fully saturated rings. The van der Waals surface area contributed by atoms with Gasteiger partial charge in [0.2, 0.25) is 5.91 Å². The van der Waals surface area contributed by atoms with E-state index in [9.17, 15) is 4.79 Å². The third-order valence-corrected chi connectivity index (χ3v) is 5.23. The number of hydrogen-bond donors (Lipinski definition) is 0. The number of carbonyl (C=O) groups is 1. The zero-order chi connectivity index (χ0) is 16.8. The second-order valence-corrected chi connectivity index (χ2v) is 7.28. The summed E-state index contributed by atoms with van der Waals surface area (Å²) in [6.45, 7) is 6.39. The molecule has 1 aromatic carbocycles. The first-order valence-electron chi connectivity index (χ1n) is 8.69. The minimum Gasteiger partial charge on any atom is -0.492 e. The van der Waals surface area contributed by atoms with E-state index >= 15 is 0 Å². The van der Waals surface area contributed by atoms with Gasteiger partial charge in [0.05, 0.1) is 13.2 Å². The van der Waals surface area contributed by atoms with Crippen LogP contribution in [0.25, 0.3) is 0 Å². The molecule has 0 saturated carbocycles. The molecular formula is C18H25BrN2O3. The fourth-order valence-electron chi connectivity index (χ4n) is 3.29. The molecule has 0 aliphatic carbocycles. The van der Waals surface area contributed by atoms with Gasteiger partial charge in [0.25, 0.3) is 0 Å². The summed E-state index contributed by atoms with van der Waals surface area (Å²) >= 11 is 3.45. The number of rotatable bonds is 5. The van der Waals surface area contributed by atoms with Gasteiger partial charge in [0, 0.05) is 30.0 Å². The molecule has 1 amide bonds. The lowest BCUT2D eigenvalue weighted by atomic mass is 9.95. The summed E-state index contributed by atoms with van der Waals surface area (Å²) in [5, 5.41) is 0. The summed E-state index contributed by atoms with van der Waals surface area (Å²) in [6.07, 6.45) is 1.90.